The first-order valence-corrected chi connectivity index (χ1v) is 6.24. The van der Waals surface area contributed by atoms with Gasteiger partial charge in [-0.15, -0.1) is 0 Å². The molecule has 1 heterocycles. The molecule has 2 amide bonds. The Hall–Kier alpha value is -2.63. The Morgan fingerprint density at radius 1 is 1.15 bits per heavy atom. The molecule has 2 rings (SSSR count). The SMILES string of the molecule is CC(=O)NCc1ccc(C(=O)NCc2cnc[nH]2)cc1. The van der Waals surface area contributed by atoms with E-state index in [4.69, 9.17) is 0 Å². The predicted octanol–water partition coefficient (Wildman–Crippen LogP) is 0.976. The minimum absolute atomic E-state index is 0.0774. The molecule has 0 atom stereocenters. The molecule has 1 aromatic carbocycles. The van der Waals surface area contributed by atoms with Gasteiger partial charge in [-0.05, 0) is 17.7 Å². The van der Waals surface area contributed by atoms with Crippen LogP contribution in [0.2, 0.25) is 0 Å². The first kappa shape index (κ1) is 13.8. The minimum atomic E-state index is -0.148. The lowest BCUT2D eigenvalue weighted by Crippen LogP contribution is -2.23. The monoisotopic (exact) mass is 272 g/mol. The van der Waals surface area contributed by atoms with Crippen LogP contribution in [-0.2, 0) is 17.9 Å². The van der Waals surface area contributed by atoms with E-state index in [9.17, 15) is 9.59 Å². The van der Waals surface area contributed by atoms with Crippen LogP contribution in [-0.4, -0.2) is 21.8 Å². The lowest BCUT2D eigenvalue weighted by molar-refractivity contribution is -0.119. The smallest absolute Gasteiger partial charge is 0.251 e. The fourth-order valence-electron chi connectivity index (χ4n) is 1.66. The summed E-state index contributed by atoms with van der Waals surface area (Å²) in [6.45, 7) is 2.34. The van der Waals surface area contributed by atoms with Crippen LogP contribution in [0.5, 0.6) is 0 Å². The molecular weight excluding hydrogens is 256 g/mol. The number of aromatic amines is 1. The highest BCUT2D eigenvalue weighted by molar-refractivity contribution is 5.94. The number of benzene rings is 1. The van der Waals surface area contributed by atoms with Crippen molar-refractivity contribution in [2.75, 3.05) is 0 Å². The second kappa shape index (κ2) is 6.51. The molecule has 0 aliphatic rings. The van der Waals surface area contributed by atoms with Crippen molar-refractivity contribution in [2.24, 2.45) is 0 Å². The molecule has 1 aromatic heterocycles. The highest BCUT2D eigenvalue weighted by Gasteiger charge is 2.05. The van der Waals surface area contributed by atoms with Gasteiger partial charge >= 0.3 is 0 Å². The molecule has 0 aliphatic heterocycles. The number of nitrogens with zero attached hydrogens (tertiary/aromatic N) is 1. The summed E-state index contributed by atoms with van der Waals surface area (Å²) in [6.07, 6.45) is 3.23. The molecular formula is C14H16N4O2. The molecule has 0 aliphatic carbocycles. The van der Waals surface area contributed by atoms with Crippen LogP contribution < -0.4 is 10.6 Å². The van der Waals surface area contributed by atoms with Gasteiger partial charge in [-0.1, -0.05) is 12.1 Å². The predicted molar refractivity (Wildman–Crippen MR) is 73.7 cm³/mol. The molecule has 0 bridgehead atoms. The Morgan fingerprint density at radius 2 is 1.90 bits per heavy atom. The third kappa shape index (κ3) is 3.94. The van der Waals surface area contributed by atoms with Gasteiger partial charge in [0.05, 0.1) is 18.6 Å². The van der Waals surface area contributed by atoms with E-state index in [1.54, 1.807) is 24.7 Å². The fraction of sp³-hybridized carbons (Fsp3) is 0.214. The van der Waals surface area contributed by atoms with Gasteiger partial charge in [0.15, 0.2) is 0 Å². The van der Waals surface area contributed by atoms with Crippen molar-refractivity contribution in [2.45, 2.75) is 20.0 Å². The maximum Gasteiger partial charge on any atom is 0.251 e. The van der Waals surface area contributed by atoms with Crippen LogP contribution >= 0.6 is 0 Å². The third-order valence-corrected chi connectivity index (χ3v) is 2.75. The van der Waals surface area contributed by atoms with E-state index in [1.165, 1.54) is 6.92 Å². The summed E-state index contributed by atoms with van der Waals surface area (Å²) >= 11 is 0. The maximum absolute atomic E-state index is 11.9. The van der Waals surface area contributed by atoms with Gasteiger partial charge in [0.2, 0.25) is 5.91 Å². The third-order valence-electron chi connectivity index (χ3n) is 2.75. The maximum atomic E-state index is 11.9. The molecule has 0 unspecified atom stereocenters. The van der Waals surface area contributed by atoms with Crippen molar-refractivity contribution < 1.29 is 9.59 Å². The molecule has 0 saturated heterocycles. The van der Waals surface area contributed by atoms with Gasteiger partial charge in [-0.25, -0.2) is 4.98 Å². The molecule has 3 N–H and O–H groups in total. The van der Waals surface area contributed by atoms with E-state index in [0.29, 0.717) is 18.7 Å². The van der Waals surface area contributed by atoms with E-state index in [-0.39, 0.29) is 11.8 Å². The molecule has 0 saturated carbocycles. The van der Waals surface area contributed by atoms with E-state index in [0.717, 1.165) is 11.3 Å². The zero-order valence-corrected chi connectivity index (χ0v) is 11.1. The lowest BCUT2D eigenvalue weighted by atomic mass is 10.1. The van der Waals surface area contributed by atoms with Gasteiger partial charge in [-0.3, -0.25) is 9.59 Å². The summed E-state index contributed by atoms with van der Waals surface area (Å²) in [5.74, 6) is -0.225. The van der Waals surface area contributed by atoms with Crippen molar-refractivity contribution in [3.05, 3.63) is 53.6 Å². The number of amides is 2. The number of hydrogen-bond donors (Lipinski definition) is 3. The normalized spacial score (nSPS) is 10.1. The average Bonchev–Trinajstić information content (AvgIpc) is 2.96. The molecule has 0 fully saturated rings. The fourth-order valence-corrected chi connectivity index (χ4v) is 1.66. The summed E-state index contributed by atoms with van der Waals surface area (Å²) in [6, 6.07) is 7.11. The molecule has 6 nitrogen and oxygen atoms in total. The highest BCUT2D eigenvalue weighted by Crippen LogP contribution is 2.04. The van der Waals surface area contributed by atoms with Crippen molar-refractivity contribution >= 4 is 11.8 Å². The molecule has 0 spiro atoms. The first-order chi connectivity index (χ1) is 9.65. The van der Waals surface area contributed by atoms with Gasteiger partial charge in [-0.2, -0.15) is 0 Å². The molecule has 0 radical (unpaired) electrons. The minimum Gasteiger partial charge on any atom is -0.352 e. The number of rotatable bonds is 5. The van der Waals surface area contributed by atoms with Crippen molar-refractivity contribution in [1.29, 1.82) is 0 Å². The lowest BCUT2D eigenvalue weighted by Gasteiger charge is -2.06. The molecule has 2 aromatic rings. The summed E-state index contributed by atoms with van der Waals surface area (Å²) in [5, 5.41) is 5.49. The van der Waals surface area contributed by atoms with E-state index < -0.39 is 0 Å². The second-order valence-corrected chi connectivity index (χ2v) is 4.37. The number of H-pyrrole nitrogens is 1. The van der Waals surface area contributed by atoms with Crippen LogP contribution in [0.15, 0.2) is 36.8 Å². The Balaban J connectivity index is 1.88. The van der Waals surface area contributed by atoms with Gasteiger partial charge < -0.3 is 15.6 Å². The number of nitrogens with one attached hydrogen (secondary N) is 3. The first-order valence-electron chi connectivity index (χ1n) is 6.24. The Morgan fingerprint density at radius 3 is 2.50 bits per heavy atom. The summed E-state index contributed by atoms with van der Waals surface area (Å²) in [7, 11) is 0. The Bertz CT molecular complexity index is 576. The zero-order valence-electron chi connectivity index (χ0n) is 11.1. The van der Waals surface area contributed by atoms with Crippen LogP contribution in [0.1, 0.15) is 28.5 Å². The average molecular weight is 272 g/mol. The quantitative estimate of drug-likeness (QED) is 0.758. The Kier molecular flexibility index (Phi) is 4.49. The van der Waals surface area contributed by atoms with Crippen molar-refractivity contribution in [3.63, 3.8) is 0 Å². The van der Waals surface area contributed by atoms with Crippen molar-refractivity contribution in [3.8, 4) is 0 Å². The van der Waals surface area contributed by atoms with Gasteiger partial charge in [0.1, 0.15) is 0 Å². The van der Waals surface area contributed by atoms with Crippen LogP contribution in [0, 0.1) is 0 Å². The second-order valence-electron chi connectivity index (χ2n) is 4.37. The Labute approximate surface area is 116 Å². The van der Waals surface area contributed by atoms with Crippen LogP contribution in [0.3, 0.4) is 0 Å². The van der Waals surface area contributed by atoms with Gasteiger partial charge in [0, 0.05) is 25.2 Å². The number of aromatic nitrogens is 2. The van der Waals surface area contributed by atoms with Gasteiger partial charge in [0.25, 0.3) is 5.91 Å². The van der Waals surface area contributed by atoms with E-state index >= 15 is 0 Å². The number of carbonyl (C=O) groups excluding carboxylic acids is 2. The van der Waals surface area contributed by atoms with Crippen molar-refractivity contribution in [1.82, 2.24) is 20.6 Å². The zero-order chi connectivity index (χ0) is 14.4. The van der Waals surface area contributed by atoms with Crippen LogP contribution in [0.25, 0.3) is 0 Å². The molecule has 6 heteroatoms. The highest BCUT2D eigenvalue weighted by atomic mass is 16.2. The summed E-state index contributed by atoms with van der Waals surface area (Å²) in [5.41, 5.74) is 2.38. The molecule has 20 heavy (non-hydrogen) atoms. The number of hydrogen-bond acceptors (Lipinski definition) is 3. The standard InChI is InChI=1S/C14H16N4O2/c1-10(19)16-6-11-2-4-12(5-3-11)14(20)17-8-13-7-15-9-18-13/h2-5,7,9H,6,8H2,1H3,(H,15,18)(H,16,19)(H,17,20). The summed E-state index contributed by atoms with van der Waals surface area (Å²) < 4.78 is 0. The summed E-state index contributed by atoms with van der Waals surface area (Å²) in [4.78, 5) is 29.5. The topological polar surface area (TPSA) is 86.9 Å². The number of carbonyl (C=O) groups is 2. The van der Waals surface area contributed by atoms with E-state index in [1.807, 2.05) is 12.1 Å². The molecule has 104 valence electrons. The largest absolute Gasteiger partial charge is 0.352 e. The van der Waals surface area contributed by atoms with Crippen LogP contribution in [0.4, 0.5) is 0 Å². The van der Waals surface area contributed by atoms with E-state index in [2.05, 4.69) is 20.6 Å². The number of imidazole rings is 1.